The largest absolute Gasteiger partial charge is 0.399 e. The van der Waals surface area contributed by atoms with Crippen molar-refractivity contribution in [3.05, 3.63) is 64.2 Å². The summed E-state index contributed by atoms with van der Waals surface area (Å²) in [6.45, 7) is 0. The Hall–Kier alpha value is -1.94. The van der Waals surface area contributed by atoms with Crippen molar-refractivity contribution in [3.63, 3.8) is 0 Å². The van der Waals surface area contributed by atoms with Gasteiger partial charge in [-0.3, -0.25) is 4.79 Å². The van der Waals surface area contributed by atoms with Crippen LogP contribution in [0.4, 0.5) is 14.5 Å². The monoisotopic (exact) mass is 281 g/mol. The van der Waals surface area contributed by atoms with Gasteiger partial charge in [0.15, 0.2) is 17.4 Å². The van der Waals surface area contributed by atoms with Crippen molar-refractivity contribution in [1.29, 1.82) is 0 Å². The van der Waals surface area contributed by atoms with E-state index in [-0.39, 0.29) is 22.8 Å². The molecule has 0 aliphatic heterocycles. The van der Waals surface area contributed by atoms with Gasteiger partial charge >= 0.3 is 0 Å². The molecule has 2 aromatic carbocycles. The Balaban J connectivity index is 2.25. The number of rotatable bonds is 3. The SMILES string of the molecule is Nc1ccc(CC(=O)c2cc(F)c(F)cc2Cl)cc1. The van der Waals surface area contributed by atoms with Crippen LogP contribution in [0, 0.1) is 11.6 Å². The highest BCUT2D eigenvalue weighted by Gasteiger charge is 2.15. The molecule has 2 N–H and O–H groups in total. The summed E-state index contributed by atoms with van der Waals surface area (Å²) < 4.78 is 26.0. The second kappa shape index (κ2) is 5.36. The summed E-state index contributed by atoms with van der Waals surface area (Å²) >= 11 is 5.74. The molecule has 2 nitrogen and oxygen atoms in total. The van der Waals surface area contributed by atoms with E-state index in [9.17, 15) is 13.6 Å². The van der Waals surface area contributed by atoms with Crippen molar-refractivity contribution < 1.29 is 13.6 Å². The molecule has 0 radical (unpaired) electrons. The molecule has 2 aromatic rings. The van der Waals surface area contributed by atoms with E-state index in [4.69, 9.17) is 17.3 Å². The maximum Gasteiger partial charge on any atom is 0.168 e. The lowest BCUT2D eigenvalue weighted by Gasteiger charge is -2.05. The molecule has 0 aliphatic carbocycles. The number of hydrogen-bond acceptors (Lipinski definition) is 2. The summed E-state index contributed by atoms with van der Waals surface area (Å²) in [4.78, 5) is 12.0. The molecule has 0 saturated carbocycles. The number of ketones is 1. The van der Waals surface area contributed by atoms with Crippen LogP contribution in [0.1, 0.15) is 15.9 Å². The number of nitrogen functional groups attached to an aromatic ring is 1. The first kappa shape index (κ1) is 13.5. The fraction of sp³-hybridized carbons (Fsp3) is 0.0714. The van der Waals surface area contributed by atoms with Gasteiger partial charge < -0.3 is 5.73 Å². The van der Waals surface area contributed by atoms with E-state index < -0.39 is 11.6 Å². The van der Waals surface area contributed by atoms with Crippen molar-refractivity contribution in [3.8, 4) is 0 Å². The van der Waals surface area contributed by atoms with Crippen LogP contribution in [0.5, 0.6) is 0 Å². The molecule has 0 aromatic heterocycles. The molecule has 0 bridgehead atoms. The van der Waals surface area contributed by atoms with Crippen molar-refractivity contribution in [2.75, 3.05) is 5.73 Å². The van der Waals surface area contributed by atoms with Crippen LogP contribution in [-0.2, 0) is 6.42 Å². The minimum atomic E-state index is -1.09. The van der Waals surface area contributed by atoms with E-state index in [0.29, 0.717) is 5.69 Å². The van der Waals surface area contributed by atoms with Crippen molar-refractivity contribution in [2.24, 2.45) is 0 Å². The Kier molecular flexibility index (Phi) is 3.81. The van der Waals surface area contributed by atoms with Gasteiger partial charge in [0, 0.05) is 17.7 Å². The lowest BCUT2D eigenvalue weighted by atomic mass is 10.0. The van der Waals surface area contributed by atoms with Gasteiger partial charge in [-0.05, 0) is 29.8 Å². The predicted molar refractivity (Wildman–Crippen MR) is 70.3 cm³/mol. The molecule has 0 saturated heterocycles. The number of Topliss-reactive ketones (excluding diaryl/α,β-unsaturated/α-hetero) is 1. The van der Waals surface area contributed by atoms with Crippen molar-refractivity contribution in [2.45, 2.75) is 6.42 Å². The second-order valence-electron chi connectivity index (χ2n) is 4.09. The number of carbonyl (C=O) groups excluding carboxylic acids is 1. The predicted octanol–water partition coefficient (Wildman–Crippen LogP) is 3.63. The normalized spacial score (nSPS) is 10.5. The number of hydrogen-bond donors (Lipinski definition) is 1. The number of carbonyl (C=O) groups is 1. The number of benzene rings is 2. The summed E-state index contributed by atoms with van der Waals surface area (Å²) in [6, 6.07) is 8.33. The summed E-state index contributed by atoms with van der Waals surface area (Å²) in [5.74, 6) is -2.55. The zero-order valence-electron chi connectivity index (χ0n) is 9.79. The van der Waals surface area contributed by atoms with E-state index >= 15 is 0 Å². The Morgan fingerprint density at radius 3 is 2.32 bits per heavy atom. The molecular weight excluding hydrogens is 272 g/mol. The smallest absolute Gasteiger partial charge is 0.168 e. The lowest BCUT2D eigenvalue weighted by Crippen LogP contribution is -2.06. The van der Waals surface area contributed by atoms with Gasteiger partial charge in [0.2, 0.25) is 0 Å². The van der Waals surface area contributed by atoms with Gasteiger partial charge in [0.1, 0.15) is 0 Å². The topological polar surface area (TPSA) is 43.1 Å². The van der Waals surface area contributed by atoms with Crippen LogP contribution in [0.25, 0.3) is 0 Å². The molecule has 0 fully saturated rings. The fourth-order valence-electron chi connectivity index (χ4n) is 1.65. The quantitative estimate of drug-likeness (QED) is 0.530. The molecule has 0 heterocycles. The maximum atomic E-state index is 13.1. The first-order chi connectivity index (χ1) is 8.97. The Labute approximate surface area is 113 Å². The van der Waals surface area contributed by atoms with E-state index in [1.165, 1.54) is 0 Å². The number of halogens is 3. The van der Waals surface area contributed by atoms with Crippen LogP contribution >= 0.6 is 11.6 Å². The van der Waals surface area contributed by atoms with Gasteiger partial charge in [-0.2, -0.15) is 0 Å². The third kappa shape index (κ3) is 3.09. The van der Waals surface area contributed by atoms with Crippen LogP contribution in [0.2, 0.25) is 5.02 Å². The fourth-order valence-corrected chi connectivity index (χ4v) is 1.91. The first-order valence-corrected chi connectivity index (χ1v) is 5.87. The molecule has 19 heavy (non-hydrogen) atoms. The average molecular weight is 282 g/mol. The zero-order chi connectivity index (χ0) is 14.0. The summed E-state index contributed by atoms with van der Waals surface area (Å²) in [5.41, 5.74) is 6.81. The molecular formula is C14H10ClF2NO. The van der Waals surface area contributed by atoms with Crippen LogP contribution in [0.15, 0.2) is 36.4 Å². The first-order valence-electron chi connectivity index (χ1n) is 5.49. The Morgan fingerprint density at radius 2 is 1.68 bits per heavy atom. The van der Waals surface area contributed by atoms with E-state index in [2.05, 4.69) is 0 Å². The van der Waals surface area contributed by atoms with Crippen LogP contribution in [-0.4, -0.2) is 5.78 Å². The molecule has 0 amide bonds. The van der Waals surface area contributed by atoms with E-state index in [0.717, 1.165) is 17.7 Å². The van der Waals surface area contributed by atoms with Gasteiger partial charge in [-0.15, -0.1) is 0 Å². The minimum Gasteiger partial charge on any atom is -0.399 e. The second-order valence-corrected chi connectivity index (χ2v) is 4.49. The Morgan fingerprint density at radius 1 is 1.11 bits per heavy atom. The van der Waals surface area contributed by atoms with Gasteiger partial charge in [0.25, 0.3) is 0 Å². The van der Waals surface area contributed by atoms with Crippen molar-refractivity contribution in [1.82, 2.24) is 0 Å². The summed E-state index contributed by atoms with van der Waals surface area (Å²) in [5, 5.41) is -0.0978. The van der Waals surface area contributed by atoms with Gasteiger partial charge in [-0.1, -0.05) is 23.7 Å². The Bertz CT molecular complexity index is 626. The molecule has 0 aliphatic rings. The summed E-state index contributed by atoms with van der Waals surface area (Å²) in [6.07, 6.45) is 0.0467. The number of nitrogens with two attached hydrogens (primary N) is 1. The summed E-state index contributed by atoms with van der Waals surface area (Å²) in [7, 11) is 0. The molecule has 2 rings (SSSR count). The molecule has 5 heteroatoms. The molecule has 0 unspecified atom stereocenters. The van der Waals surface area contributed by atoms with E-state index in [1.807, 2.05) is 0 Å². The highest BCUT2D eigenvalue weighted by Crippen LogP contribution is 2.22. The van der Waals surface area contributed by atoms with Crippen LogP contribution < -0.4 is 5.73 Å². The zero-order valence-corrected chi connectivity index (χ0v) is 10.5. The lowest BCUT2D eigenvalue weighted by molar-refractivity contribution is 0.0992. The molecule has 98 valence electrons. The maximum absolute atomic E-state index is 13.1. The minimum absolute atomic E-state index is 0.0302. The standard InChI is InChI=1S/C14H10ClF2NO/c15-11-7-13(17)12(16)6-10(11)14(19)5-8-1-3-9(18)4-2-8/h1-4,6-7H,5,18H2. The van der Waals surface area contributed by atoms with Gasteiger partial charge in [0.05, 0.1) is 5.02 Å². The van der Waals surface area contributed by atoms with Crippen LogP contribution in [0.3, 0.4) is 0 Å². The number of anilines is 1. The molecule has 0 spiro atoms. The third-order valence-corrected chi connectivity index (χ3v) is 2.97. The van der Waals surface area contributed by atoms with Crippen molar-refractivity contribution >= 4 is 23.1 Å². The molecule has 0 atom stereocenters. The third-order valence-electron chi connectivity index (χ3n) is 2.65. The average Bonchev–Trinajstić information content (AvgIpc) is 2.36. The van der Waals surface area contributed by atoms with Gasteiger partial charge in [-0.25, -0.2) is 8.78 Å². The highest BCUT2D eigenvalue weighted by molar-refractivity contribution is 6.34. The highest BCUT2D eigenvalue weighted by atomic mass is 35.5. The van der Waals surface area contributed by atoms with E-state index in [1.54, 1.807) is 24.3 Å².